The van der Waals surface area contributed by atoms with E-state index in [4.69, 9.17) is 4.74 Å². The van der Waals surface area contributed by atoms with E-state index in [-0.39, 0.29) is 11.9 Å². The lowest BCUT2D eigenvalue weighted by atomic mass is 9.99. The molecule has 5 heteroatoms. The Balaban J connectivity index is 1.56. The monoisotopic (exact) mass is 299 g/mol. The second kappa shape index (κ2) is 7.11. The molecule has 116 valence electrons. The van der Waals surface area contributed by atoms with Gasteiger partial charge in [0.1, 0.15) is 5.75 Å². The van der Waals surface area contributed by atoms with E-state index in [0.717, 1.165) is 37.3 Å². The van der Waals surface area contributed by atoms with Crippen molar-refractivity contribution in [1.82, 2.24) is 15.1 Å². The van der Waals surface area contributed by atoms with Gasteiger partial charge in [-0.05, 0) is 37.5 Å². The van der Waals surface area contributed by atoms with Crippen LogP contribution in [-0.4, -0.2) is 34.2 Å². The van der Waals surface area contributed by atoms with E-state index in [0.29, 0.717) is 13.0 Å². The van der Waals surface area contributed by atoms with Crippen molar-refractivity contribution in [2.45, 2.75) is 31.7 Å². The highest BCUT2D eigenvalue weighted by molar-refractivity contribution is 5.77. The summed E-state index contributed by atoms with van der Waals surface area (Å²) in [6.45, 7) is 1.23. The number of amides is 1. The van der Waals surface area contributed by atoms with E-state index in [1.165, 1.54) is 0 Å². The van der Waals surface area contributed by atoms with Crippen molar-refractivity contribution in [2.75, 3.05) is 13.2 Å². The van der Waals surface area contributed by atoms with Crippen molar-refractivity contribution in [3.63, 3.8) is 0 Å². The average Bonchev–Trinajstić information content (AvgIpc) is 3.10. The molecule has 0 aliphatic carbocycles. The first-order valence-corrected chi connectivity index (χ1v) is 7.81. The Morgan fingerprint density at radius 2 is 2.14 bits per heavy atom. The SMILES string of the molecule is O=C(CCOc1ccccc1)N1CCCCC1c1ccn[nH]1. The lowest BCUT2D eigenvalue weighted by Gasteiger charge is -2.35. The first-order valence-electron chi connectivity index (χ1n) is 7.81. The van der Waals surface area contributed by atoms with E-state index in [1.54, 1.807) is 6.20 Å². The van der Waals surface area contributed by atoms with Crippen molar-refractivity contribution >= 4 is 5.91 Å². The van der Waals surface area contributed by atoms with Gasteiger partial charge in [-0.3, -0.25) is 9.89 Å². The van der Waals surface area contributed by atoms with Gasteiger partial charge >= 0.3 is 0 Å². The molecule has 0 spiro atoms. The maximum atomic E-state index is 12.5. The predicted octanol–water partition coefficient (Wildman–Crippen LogP) is 2.93. The molecule has 0 bridgehead atoms. The normalized spacial score (nSPS) is 18.2. The number of hydrogen-bond acceptors (Lipinski definition) is 3. The Morgan fingerprint density at radius 1 is 1.27 bits per heavy atom. The molecular formula is C17H21N3O2. The summed E-state index contributed by atoms with van der Waals surface area (Å²) in [4.78, 5) is 14.5. The summed E-state index contributed by atoms with van der Waals surface area (Å²) in [6, 6.07) is 11.7. The summed E-state index contributed by atoms with van der Waals surface area (Å²) in [6.07, 6.45) is 5.35. The molecule has 1 aliphatic rings. The molecule has 3 rings (SSSR count). The van der Waals surface area contributed by atoms with Gasteiger partial charge < -0.3 is 9.64 Å². The Labute approximate surface area is 130 Å². The molecule has 1 amide bonds. The number of carbonyl (C=O) groups excluding carboxylic acids is 1. The Morgan fingerprint density at radius 3 is 2.91 bits per heavy atom. The molecule has 0 radical (unpaired) electrons. The summed E-state index contributed by atoms with van der Waals surface area (Å²) in [5.41, 5.74) is 1.03. The molecule has 1 atom stereocenters. The number of aromatic nitrogens is 2. The fourth-order valence-corrected chi connectivity index (χ4v) is 2.92. The van der Waals surface area contributed by atoms with Crippen LogP contribution in [0, 0.1) is 0 Å². The molecule has 2 aromatic rings. The van der Waals surface area contributed by atoms with Crippen molar-refractivity contribution in [2.24, 2.45) is 0 Å². The summed E-state index contributed by atoms with van der Waals surface area (Å²) in [5, 5.41) is 7.00. The molecule has 0 saturated carbocycles. The topological polar surface area (TPSA) is 58.2 Å². The maximum Gasteiger partial charge on any atom is 0.226 e. The molecule has 5 nitrogen and oxygen atoms in total. The standard InChI is InChI=1S/C17H21N3O2/c21-17(10-13-22-14-6-2-1-3-7-14)20-12-5-4-8-16(20)15-9-11-18-19-15/h1-3,6-7,9,11,16H,4-5,8,10,12-13H2,(H,18,19). The van der Waals surface area contributed by atoms with Gasteiger partial charge in [0, 0.05) is 12.7 Å². The number of ether oxygens (including phenoxy) is 1. The maximum absolute atomic E-state index is 12.5. The predicted molar refractivity (Wildman–Crippen MR) is 83.4 cm³/mol. The van der Waals surface area contributed by atoms with Crippen LogP contribution >= 0.6 is 0 Å². The summed E-state index contributed by atoms with van der Waals surface area (Å²) >= 11 is 0. The van der Waals surface area contributed by atoms with Crippen LogP contribution in [0.5, 0.6) is 5.75 Å². The van der Waals surface area contributed by atoms with Gasteiger partial charge in [0.05, 0.1) is 24.8 Å². The number of H-pyrrole nitrogens is 1. The van der Waals surface area contributed by atoms with Gasteiger partial charge in [-0.1, -0.05) is 18.2 Å². The van der Waals surface area contributed by atoms with E-state index in [1.807, 2.05) is 41.3 Å². The Hall–Kier alpha value is -2.30. The van der Waals surface area contributed by atoms with Crippen molar-refractivity contribution in [3.8, 4) is 5.75 Å². The van der Waals surface area contributed by atoms with Crippen LogP contribution in [0.25, 0.3) is 0 Å². The van der Waals surface area contributed by atoms with E-state index >= 15 is 0 Å². The lowest BCUT2D eigenvalue weighted by molar-refractivity contribution is -0.135. The molecule has 1 aliphatic heterocycles. The van der Waals surface area contributed by atoms with Gasteiger partial charge in [-0.2, -0.15) is 5.10 Å². The van der Waals surface area contributed by atoms with Crippen LogP contribution < -0.4 is 4.74 Å². The smallest absolute Gasteiger partial charge is 0.226 e. The first kappa shape index (κ1) is 14.6. The fourth-order valence-electron chi connectivity index (χ4n) is 2.92. The minimum Gasteiger partial charge on any atom is -0.493 e. The van der Waals surface area contributed by atoms with E-state index < -0.39 is 0 Å². The van der Waals surface area contributed by atoms with Gasteiger partial charge in [-0.15, -0.1) is 0 Å². The van der Waals surface area contributed by atoms with Crippen molar-refractivity contribution in [1.29, 1.82) is 0 Å². The molecule has 1 aromatic heterocycles. The summed E-state index contributed by atoms with van der Waals surface area (Å²) in [5.74, 6) is 0.953. The first-order chi connectivity index (χ1) is 10.8. The second-order valence-corrected chi connectivity index (χ2v) is 5.52. The Kier molecular flexibility index (Phi) is 4.73. The number of nitrogens with one attached hydrogen (secondary N) is 1. The third-order valence-electron chi connectivity index (χ3n) is 4.03. The van der Waals surface area contributed by atoms with E-state index in [2.05, 4.69) is 10.2 Å². The molecular weight excluding hydrogens is 278 g/mol. The molecule has 2 heterocycles. The summed E-state index contributed by atoms with van der Waals surface area (Å²) < 4.78 is 5.63. The Bertz CT molecular complexity index is 583. The zero-order valence-corrected chi connectivity index (χ0v) is 12.6. The number of hydrogen-bond donors (Lipinski definition) is 1. The average molecular weight is 299 g/mol. The highest BCUT2D eigenvalue weighted by Crippen LogP contribution is 2.30. The molecule has 1 unspecified atom stereocenters. The molecule has 1 saturated heterocycles. The van der Waals surface area contributed by atoms with Crippen LogP contribution in [0.15, 0.2) is 42.6 Å². The van der Waals surface area contributed by atoms with Crippen LogP contribution in [0.1, 0.15) is 37.4 Å². The zero-order valence-electron chi connectivity index (χ0n) is 12.6. The third-order valence-corrected chi connectivity index (χ3v) is 4.03. The highest BCUT2D eigenvalue weighted by atomic mass is 16.5. The van der Waals surface area contributed by atoms with Gasteiger partial charge in [0.2, 0.25) is 5.91 Å². The fraction of sp³-hybridized carbons (Fsp3) is 0.412. The van der Waals surface area contributed by atoms with Crippen molar-refractivity contribution in [3.05, 3.63) is 48.3 Å². The number of piperidine rings is 1. The third kappa shape index (κ3) is 3.47. The largest absolute Gasteiger partial charge is 0.493 e. The van der Waals surface area contributed by atoms with Gasteiger partial charge in [-0.25, -0.2) is 0 Å². The number of benzene rings is 1. The quantitative estimate of drug-likeness (QED) is 0.923. The number of likely N-dealkylation sites (tertiary alicyclic amines) is 1. The van der Waals surface area contributed by atoms with Gasteiger partial charge in [0.25, 0.3) is 0 Å². The number of nitrogens with zero attached hydrogens (tertiary/aromatic N) is 2. The minimum absolute atomic E-state index is 0.125. The molecule has 1 aromatic carbocycles. The summed E-state index contributed by atoms with van der Waals surface area (Å²) in [7, 11) is 0. The number of carbonyl (C=O) groups is 1. The number of rotatable bonds is 5. The van der Waals surface area contributed by atoms with Crippen molar-refractivity contribution < 1.29 is 9.53 Å². The van der Waals surface area contributed by atoms with Crippen LogP contribution in [0.2, 0.25) is 0 Å². The molecule has 1 N–H and O–H groups in total. The van der Waals surface area contributed by atoms with Crippen LogP contribution in [-0.2, 0) is 4.79 Å². The minimum atomic E-state index is 0.125. The van der Waals surface area contributed by atoms with Gasteiger partial charge in [0.15, 0.2) is 0 Å². The highest BCUT2D eigenvalue weighted by Gasteiger charge is 2.28. The second-order valence-electron chi connectivity index (χ2n) is 5.52. The lowest BCUT2D eigenvalue weighted by Crippen LogP contribution is -2.39. The van der Waals surface area contributed by atoms with Crippen LogP contribution in [0.3, 0.4) is 0 Å². The molecule has 1 fully saturated rings. The van der Waals surface area contributed by atoms with E-state index in [9.17, 15) is 4.79 Å². The number of aromatic amines is 1. The van der Waals surface area contributed by atoms with Crippen LogP contribution in [0.4, 0.5) is 0 Å². The zero-order chi connectivity index (χ0) is 15.2. The molecule has 22 heavy (non-hydrogen) atoms. The number of para-hydroxylation sites is 1.